The van der Waals surface area contributed by atoms with Crippen molar-refractivity contribution in [1.82, 2.24) is 35.1 Å². The van der Waals surface area contributed by atoms with E-state index in [0.29, 0.717) is 40.3 Å². The van der Waals surface area contributed by atoms with Crippen molar-refractivity contribution < 1.29 is 9.84 Å². The molecule has 11 nitrogen and oxygen atoms in total. The Balaban J connectivity index is 1.34. The molecule has 2 aliphatic heterocycles. The number of halogens is 1. The van der Waals surface area contributed by atoms with Crippen molar-refractivity contribution in [2.45, 2.75) is 57.2 Å². The number of aliphatic hydroxyl groups excluding tert-OH is 1. The number of hydrogen-bond donors (Lipinski definition) is 3. The molecule has 35 heavy (non-hydrogen) atoms. The Morgan fingerprint density at radius 1 is 1.31 bits per heavy atom. The minimum absolute atomic E-state index is 0.0968. The van der Waals surface area contributed by atoms with Gasteiger partial charge in [0, 0.05) is 23.3 Å². The van der Waals surface area contributed by atoms with E-state index in [1.807, 2.05) is 12.1 Å². The molecule has 4 heterocycles. The number of ether oxygens (including phenoxy) is 1. The van der Waals surface area contributed by atoms with E-state index in [2.05, 4.69) is 54.9 Å². The van der Waals surface area contributed by atoms with Crippen molar-refractivity contribution in [3.05, 3.63) is 35.7 Å². The van der Waals surface area contributed by atoms with Gasteiger partial charge < -0.3 is 20.5 Å². The number of nitrogens with zero attached hydrogens (tertiary/aromatic N) is 7. The van der Waals surface area contributed by atoms with E-state index in [4.69, 9.17) is 21.4 Å². The molecule has 0 spiro atoms. The van der Waals surface area contributed by atoms with Gasteiger partial charge in [0.1, 0.15) is 29.4 Å². The number of nitrogens with one attached hydrogen (secondary N) is 2. The molecule has 0 aliphatic carbocycles. The molecule has 186 valence electrons. The molecule has 0 saturated carbocycles. The summed E-state index contributed by atoms with van der Waals surface area (Å²) in [5.41, 5.74) is 1.48. The molecular formula is C23H30ClN9O2. The summed E-state index contributed by atoms with van der Waals surface area (Å²) in [6, 6.07) is 6.34. The van der Waals surface area contributed by atoms with Crippen molar-refractivity contribution in [1.29, 1.82) is 0 Å². The number of tetrazole rings is 1. The SMILES string of the molecule is CC1(C)CC(Nc2nc(Nc3ccc(OCCO)c(-n4cnnn4)c3)ncc2Cl)CC2CCCN21. The van der Waals surface area contributed by atoms with Gasteiger partial charge in [0.05, 0.1) is 12.8 Å². The molecule has 3 N–H and O–H groups in total. The summed E-state index contributed by atoms with van der Waals surface area (Å²) in [5, 5.41) is 27.8. The molecule has 2 aliphatic rings. The Hall–Kier alpha value is -3.02. The van der Waals surface area contributed by atoms with E-state index in [1.54, 1.807) is 12.3 Å². The third-order valence-electron chi connectivity index (χ3n) is 6.70. The Morgan fingerprint density at radius 3 is 3.00 bits per heavy atom. The first-order chi connectivity index (χ1) is 16.9. The van der Waals surface area contributed by atoms with E-state index in [9.17, 15) is 0 Å². The van der Waals surface area contributed by atoms with Crippen LogP contribution in [0.15, 0.2) is 30.7 Å². The summed E-state index contributed by atoms with van der Waals surface area (Å²) in [6.07, 6.45) is 7.69. The molecule has 0 bridgehead atoms. The van der Waals surface area contributed by atoms with Gasteiger partial charge in [-0.2, -0.15) is 9.67 Å². The number of fused-ring (bicyclic) bond motifs is 1. The minimum atomic E-state index is -0.0968. The molecular weight excluding hydrogens is 470 g/mol. The second-order valence-corrected chi connectivity index (χ2v) is 10.0. The summed E-state index contributed by atoms with van der Waals surface area (Å²) in [5.74, 6) is 1.58. The third kappa shape index (κ3) is 5.16. The van der Waals surface area contributed by atoms with Gasteiger partial charge in [0.15, 0.2) is 5.82 Å². The summed E-state index contributed by atoms with van der Waals surface area (Å²) >= 11 is 6.47. The van der Waals surface area contributed by atoms with E-state index < -0.39 is 0 Å². The van der Waals surface area contributed by atoms with E-state index in [-0.39, 0.29) is 18.8 Å². The number of anilines is 3. The van der Waals surface area contributed by atoms with Gasteiger partial charge >= 0.3 is 0 Å². The summed E-state index contributed by atoms with van der Waals surface area (Å²) in [6.45, 7) is 5.89. The van der Waals surface area contributed by atoms with Crippen molar-refractivity contribution >= 4 is 29.1 Å². The third-order valence-corrected chi connectivity index (χ3v) is 6.98. The Bertz CT molecular complexity index is 1160. The average Bonchev–Trinajstić information content (AvgIpc) is 3.53. The first-order valence-corrected chi connectivity index (χ1v) is 12.2. The summed E-state index contributed by atoms with van der Waals surface area (Å²) in [4.78, 5) is 11.7. The molecule has 0 radical (unpaired) electrons. The Labute approximate surface area is 208 Å². The van der Waals surface area contributed by atoms with Crippen molar-refractivity contribution in [3.8, 4) is 11.4 Å². The number of aliphatic hydroxyl groups is 1. The maximum Gasteiger partial charge on any atom is 0.229 e. The quantitative estimate of drug-likeness (QED) is 0.425. The van der Waals surface area contributed by atoms with Crippen LogP contribution in [0.3, 0.4) is 0 Å². The van der Waals surface area contributed by atoms with Crippen LogP contribution in [0.2, 0.25) is 5.02 Å². The fourth-order valence-electron chi connectivity index (χ4n) is 5.29. The van der Waals surface area contributed by atoms with Crippen LogP contribution in [-0.4, -0.2) is 77.6 Å². The molecule has 5 rings (SSSR count). The van der Waals surface area contributed by atoms with Crippen LogP contribution in [0.4, 0.5) is 17.5 Å². The molecule has 2 saturated heterocycles. The highest BCUT2D eigenvalue weighted by atomic mass is 35.5. The second-order valence-electron chi connectivity index (χ2n) is 9.61. The fraction of sp³-hybridized carbons (Fsp3) is 0.522. The van der Waals surface area contributed by atoms with Crippen LogP contribution in [-0.2, 0) is 0 Å². The maximum absolute atomic E-state index is 9.12. The van der Waals surface area contributed by atoms with E-state index in [1.165, 1.54) is 30.4 Å². The normalized spacial score (nSPS) is 21.5. The van der Waals surface area contributed by atoms with Crippen molar-refractivity contribution in [2.75, 3.05) is 30.4 Å². The molecule has 2 atom stereocenters. The van der Waals surface area contributed by atoms with Crippen LogP contribution < -0.4 is 15.4 Å². The molecule has 2 unspecified atom stereocenters. The number of rotatable bonds is 8. The lowest BCUT2D eigenvalue weighted by atomic mass is 9.84. The van der Waals surface area contributed by atoms with Gasteiger partial charge in [-0.15, -0.1) is 5.10 Å². The lowest BCUT2D eigenvalue weighted by molar-refractivity contribution is 0.0501. The highest BCUT2D eigenvalue weighted by Crippen LogP contribution is 2.39. The molecule has 3 aromatic rings. The van der Waals surface area contributed by atoms with Crippen LogP contribution in [0.1, 0.15) is 39.5 Å². The zero-order valence-electron chi connectivity index (χ0n) is 19.9. The van der Waals surface area contributed by atoms with Crippen LogP contribution in [0, 0.1) is 0 Å². The van der Waals surface area contributed by atoms with Crippen LogP contribution in [0.25, 0.3) is 5.69 Å². The Kier molecular flexibility index (Phi) is 6.72. The predicted octanol–water partition coefficient (Wildman–Crippen LogP) is 3.04. The predicted molar refractivity (Wildman–Crippen MR) is 133 cm³/mol. The van der Waals surface area contributed by atoms with Gasteiger partial charge in [-0.05, 0) is 74.7 Å². The Morgan fingerprint density at radius 2 is 2.20 bits per heavy atom. The first kappa shape index (κ1) is 23.7. The van der Waals surface area contributed by atoms with Gasteiger partial charge in [0.2, 0.25) is 5.95 Å². The van der Waals surface area contributed by atoms with Gasteiger partial charge in [-0.1, -0.05) is 11.6 Å². The monoisotopic (exact) mass is 499 g/mol. The number of aromatic nitrogens is 6. The van der Waals surface area contributed by atoms with Gasteiger partial charge in [-0.3, -0.25) is 4.90 Å². The van der Waals surface area contributed by atoms with Crippen molar-refractivity contribution in [3.63, 3.8) is 0 Å². The fourth-order valence-corrected chi connectivity index (χ4v) is 5.44. The maximum atomic E-state index is 9.12. The smallest absolute Gasteiger partial charge is 0.229 e. The van der Waals surface area contributed by atoms with Crippen LogP contribution in [0.5, 0.6) is 5.75 Å². The minimum Gasteiger partial charge on any atom is -0.489 e. The number of benzene rings is 1. The van der Waals surface area contributed by atoms with Crippen molar-refractivity contribution in [2.24, 2.45) is 0 Å². The summed E-state index contributed by atoms with van der Waals surface area (Å²) in [7, 11) is 0. The average molecular weight is 500 g/mol. The highest BCUT2D eigenvalue weighted by Gasteiger charge is 2.43. The highest BCUT2D eigenvalue weighted by molar-refractivity contribution is 6.32. The van der Waals surface area contributed by atoms with Crippen LogP contribution >= 0.6 is 11.6 Å². The lowest BCUT2D eigenvalue weighted by Crippen LogP contribution is -2.55. The molecule has 2 aromatic heterocycles. The van der Waals surface area contributed by atoms with Gasteiger partial charge in [-0.25, -0.2) is 4.98 Å². The first-order valence-electron chi connectivity index (χ1n) is 11.9. The topological polar surface area (TPSA) is 126 Å². The standard InChI is InChI=1S/C23H30ClN9O2/c1-23(2)12-16(10-17-4-3-7-32(17)23)27-21-18(24)13-25-22(29-21)28-15-5-6-20(35-9-8-34)19(11-15)33-14-26-30-31-33/h5-6,11,13-14,16-17,34H,3-4,7-10,12H2,1-2H3,(H2,25,27,28,29). The zero-order valence-corrected chi connectivity index (χ0v) is 20.6. The lowest BCUT2D eigenvalue weighted by Gasteiger charge is -2.47. The zero-order chi connectivity index (χ0) is 24.4. The van der Waals surface area contributed by atoms with E-state index in [0.717, 1.165) is 18.5 Å². The van der Waals surface area contributed by atoms with Gasteiger partial charge in [0.25, 0.3) is 0 Å². The number of piperidine rings is 1. The largest absolute Gasteiger partial charge is 0.489 e. The molecule has 12 heteroatoms. The summed E-state index contributed by atoms with van der Waals surface area (Å²) < 4.78 is 7.12. The molecule has 0 amide bonds. The van der Waals surface area contributed by atoms with E-state index >= 15 is 0 Å². The molecule has 1 aromatic carbocycles. The second kappa shape index (κ2) is 9.92. The number of hydrogen-bond acceptors (Lipinski definition) is 10. The molecule has 2 fully saturated rings.